The lowest BCUT2D eigenvalue weighted by molar-refractivity contribution is 0.168. The van der Waals surface area contributed by atoms with Gasteiger partial charge < -0.3 is 14.7 Å². The lowest BCUT2D eigenvalue weighted by Crippen LogP contribution is -2.25. The third kappa shape index (κ3) is 8.25. The molecule has 0 saturated carbocycles. The van der Waals surface area contributed by atoms with Crippen LogP contribution in [0.3, 0.4) is 0 Å². The average Bonchev–Trinajstić information content (AvgIpc) is 2.86. The molecule has 0 aliphatic rings. The van der Waals surface area contributed by atoms with Gasteiger partial charge >= 0.3 is 0 Å². The van der Waals surface area contributed by atoms with Gasteiger partial charge in [0.05, 0.1) is 19.8 Å². The highest BCUT2D eigenvalue weighted by atomic mass is 16.5. The van der Waals surface area contributed by atoms with E-state index in [4.69, 9.17) is 9.47 Å². The van der Waals surface area contributed by atoms with E-state index in [9.17, 15) is 5.21 Å². The molecule has 2 aromatic heterocycles. The first-order chi connectivity index (χ1) is 16.3. The Morgan fingerprint density at radius 1 is 0.882 bits per heavy atom. The average molecular weight is 468 g/mol. The van der Waals surface area contributed by atoms with Crippen LogP contribution >= 0.6 is 0 Å². The molecular formula is C28H41N3O3. The van der Waals surface area contributed by atoms with Crippen LogP contribution in [-0.2, 0) is 6.42 Å². The fourth-order valence-corrected chi connectivity index (χ4v) is 3.39. The molecule has 1 N–H and O–H groups in total. The van der Waals surface area contributed by atoms with E-state index in [0.717, 1.165) is 27.8 Å². The standard InChI is InChI=1S/C24H29N3O3.2C2H6/c1-24(2,3)26-23-9-7-19(16-27(23)28)20(14-17-10-12-25-13-11-17)18-6-8-21(29-4)22(15-18)30-5;2*1-2/h6-13,15-16,20,28H,14H2,1-5H3;2*1-2H3. The first kappa shape index (κ1) is 28.8. The zero-order valence-electron chi connectivity index (χ0n) is 22.2. The Balaban J connectivity index is 0.00000137. The minimum absolute atomic E-state index is 0.00528. The van der Waals surface area contributed by atoms with Gasteiger partial charge in [-0.05, 0) is 74.2 Å². The van der Waals surface area contributed by atoms with Crippen LogP contribution in [0.5, 0.6) is 11.5 Å². The van der Waals surface area contributed by atoms with Crippen LogP contribution in [0, 0.1) is 0 Å². The van der Waals surface area contributed by atoms with Gasteiger partial charge in [-0.1, -0.05) is 39.8 Å². The zero-order valence-corrected chi connectivity index (χ0v) is 22.2. The Morgan fingerprint density at radius 3 is 2.00 bits per heavy atom. The molecule has 1 atom stereocenters. The van der Waals surface area contributed by atoms with E-state index < -0.39 is 0 Å². The van der Waals surface area contributed by atoms with Crippen molar-refractivity contribution in [3.8, 4) is 11.5 Å². The summed E-state index contributed by atoms with van der Waals surface area (Å²) in [5.41, 5.74) is 3.41. The molecule has 0 radical (unpaired) electrons. The predicted molar refractivity (Wildman–Crippen MR) is 139 cm³/mol. The summed E-state index contributed by atoms with van der Waals surface area (Å²) in [4.78, 5) is 8.68. The Labute approximate surface area is 204 Å². The SMILES string of the molecule is CC.CC.COc1ccc(C(Cc2ccncc2)c2ccc(=NC(C)(C)C)n(O)c2)cc1OC. The number of aromatic nitrogens is 2. The number of rotatable bonds is 6. The molecule has 2 heterocycles. The molecule has 0 saturated heterocycles. The molecule has 0 amide bonds. The van der Waals surface area contributed by atoms with Crippen molar-refractivity contribution in [1.29, 1.82) is 0 Å². The number of hydrogen-bond acceptors (Lipinski definition) is 5. The Hall–Kier alpha value is -3.28. The van der Waals surface area contributed by atoms with Crippen LogP contribution in [0.1, 0.15) is 71.1 Å². The first-order valence-electron chi connectivity index (χ1n) is 11.9. The Bertz CT molecular complexity index is 1050. The molecule has 3 aromatic rings. The fourth-order valence-electron chi connectivity index (χ4n) is 3.39. The van der Waals surface area contributed by atoms with Crippen molar-refractivity contribution >= 4 is 0 Å². The van der Waals surface area contributed by atoms with Gasteiger partial charge in [-0.3, -0.25) is 9.98 Å². The minimum Gasteiger partial charge on any atom is -0.493 e. The van der Waals surface area contributed by atoms with Crippen LogP contribution in [0.2, 0.25) is 0 Å². The van der Waals surface area contributed by atoms with Crippen molar-refractivity contribution in [1.82, 2.24) is 9.71 Å². The molecule has 1 aromatic carbocycles. The van der Waals surface area contributed by atoms with Gasteiger partial charge in [0.1, 0.15) is 0 Å². The second-order valence-electron chi connectivity index (χ2n) is 8.17. The van der Waals surface area contributed by atoms with Crippen LogP contribution in [0.15, 0.2) is 66.0 Å². The summed E-state index contributed by atoms with van der Waals surface area (Å²) >= 11 is 0. The van der Waals surface area contributed by atoms with Crippen molar-refractivity contribution in [3.63, 3.8) is 0 Å². The summed E-state index contributed by atoms with van der Waals surface area (Å²) in [5.74, 6) is 1.35. The minimum atomic E-state index is -0.286. The second kappa shape index (κ2) is 14.1. The molecule has 0 aliphatic carbocycles. The number of nitrogens with zero attached hydrogens (tertiary/aromatic N) is 3. The van der Waals surface area contributed by atoms with Crippen molar-refractivity contribution in [3.05, 3.63) is 83.2 Å². The highest BCUT2D eigenvalue weighted by Gasteiger charge is 2.19. The zero-order chi connectivity index (χ0) is 25.7. The maximum Gasteiger partial charge on any atom is 0.163 e. The largest absolute Gasteiger partial charge is 0.493 e. The highest BCUT2D eigenvalue weighted by molar-refractivity contribution is 5.46. The van der Waals surface area contributed by atoms with E-state index in [1.165, 1.54) is 0 Å². The normalized spacial score (nSPS) is 12.0. The summed E-state index contributed by atoms with van der Waals surface area (Å²) in [5, 5.41) is 10.6. The van der Waals surface area contributed by atoms with Crippen molar-refractivity contribution in [2.45, 2.75) is 66.3 Å². The van der Waals surface area contributed by atoms with Crippen molar-refractivity contribution < 1.29 is 14.7 Å². The molecule has 0 aliphatic heterocycles. The number of methoxy groups -OCH3 is 2. The molecular weight excluding hydrogens is 426 g/mol. The van der Waals surface area contributed by atoms with E-state index in [2.05, 4.69) is 9.98 Å². The quantitative estimate of drug-likeness (QED) is 0.434. The van der Waals surface area contributed by atoms with E-state index in [-0.39, 0.29) is 11.5 Å². The smallest absolute Gasteiger partial charge is 0.163 e. The van der Waals surface area contributed by atoms with Gasteiger partial charge in [0.25, 0.3) is 0 Å². The molecule has 0 bridgehead atoms. The summed E-state index contributed by atoms with van der Waals surface area (Å²) in [6.45, 7) is 14.0. The molecule has 6 heteroatoms. The van der Waals surface area contributed by atoms with Gasteiger partial charge in [0, 0.05) is 24.5 Å². The summed E-state index contributed by atoms with van der Waals surface area (Å²) in [7, 11) is 3.25. The van der Waals surface area contributed by atoms with Crippen molar-refractivity contribution in [2.75, 3.05) is 14.2 Å². The van der Waals surface area contributed by atoms with Crippen LogP contribution < -0.4 is 15.0 Å². The Kier molecular flexibility index (Phi) is 11.9. The van der Waals surface area contributed by atoms with E-state index in [0.29, 0.717) is 17.0 Å². The lowest BCUT2D eigenvalue weighted by Gasteiger charge is -2.20. The van der Waals surface area contributed by atoms with E-state index >= 15 is 0 Å². The number of pyridine rings is 2. The number of ether oxygens (including phenoxy) is 2. The molecule has 3 rings (SSSR count). The van der Waals surface area contributed by atoms with Gasteiger partial charge in [-0.2, -0.15) is 4.73 Å². The highest BCUT2D eigenvalue weighted by Crippen LogP contribution is 2.34. The molecule has 1 unspecified atom stereocenters. The Morgan fingerprint density at radius 2 is 1.47 bits per heavy atom. The third-order valence-corrected chi connectivity index (χ3v) is 4.78. The fraction of sp³-hybridized carbons (Fsp3) is 0.429. The lowest BCUT2D eigenvalue weighted by atomic mass is 9.87. The predicted octanol–water partition coefficient (Wildman–Crippen LogP) is 6.26. The summed E-state index contributed by atoms with van der Waals surface area (Å²) < 4.78 is 12.0. The molecule has 186 valence electrons. The molecule has 6 nitrogen and oxygen atoms in total. The van der Waals surface area contributed by atoms with Crippen LogP contribution in [0.4, 0.5) is 0 Å². The monoisotopic (exact) mass is 467 g/mol. The van der Waals surface area contributed by atoms with E-state index in [1.807, 2.05) is 90.9 Å². The van der Waals surface area contributed by atoms with Crippen LogP contribution in [0.25, 0.3) is 0 Å². The van der Waals surface area contributed by atoms with Gasteiger partial charge in [-0.25, -0.2) is 0 Å². The molecule has 0 spiro atoms. The topological polar surface area (TPSA) is 68.9 Å². The summed E-state index contributed by atoms with van der Waals surface area (Å²) in [6.07, 6.45) is 6.05. The van der Waals surface area contributed by atoms with Gasteiger partial charge in [0.2, 0.25) is 0 Å². The number of hydrogen-bond donors (Lipinski definition) is 1. The second-order valence-corrected chi connectivity index (χ2v) is 8.17. The maximum absolute atomic E-state index is 10.6. The third-order valence-electron chi connectivity index (χ3n) is 4.78. The van der Waals surface area contributed by atoms with Gasteiger partial charge in [0.15, 0.2) is 17.0 Å². The maximum atomic E-state index is 10.6. The van der Waals surface area contributed by atoms with Gasteiger partial charge in [-0.15, -0.1) is 0 Å². The van der Waals surface area contributed by atoms with Crippen LogP contribution in [-0.4, -0.2) is 34.7 Å². The molecule has 34 heavy (non-hydrogen) atoms. The number of benzene rings is 1. The molecule has 0 fully saturated rings. The van der Waals surface area contributed by atoms with E-state index in [1.54, 1.807) is 32.8 Å². The van der Waals surface area contributed by atoms with Crippen molar-refractivity contribution in [2.24, 2.45) is 4.99 Å². The summed E-state index contributed by atoms with van der Waals surface area (Å²) in [6, 6.07) is 13.8. The first-order valence-corrected chi connectivity index (χ1v) is 11.9.